The van der Waals surface area contributed by atoms with Crippen LogP contribution in [0, 0.1) is 0 Å². The van der Waals surface area contributed by atoms with Crippen LogP contribution in [0.5, 0.6) is 5.75 Å². The number of carboxylic acids is 1. The molecule has 0 aromatic heterocycles. The second-order valence-electron chi connectivity index (χ2n) is 4.54. The van der Waals surface area contributed by atoms with Crippen LogP contribution in [-0.4, -0.2) is 23.0 Å². The zero-order valence-corrected chi connectivity index (χ0v) is 14.9. The van der Waals surface area contributed by atoms with Crippen LogP contribution in [-0.2, 0) is 9.59 Å². The van der Waals surface area contributed by atoms with Crippen molar-refractivity contribution in [2.45, 2.75) is 25.3 Å². The van der Waals surface area contributed by atoms with Gasteiger partial charge in [0.15, 0.2) is 0 Å². The Balaban J connectivity index is 2.37. The first-order valence-corrected chi connectivity index (χ1v) is 11.8. The maximum absolute atomic E-state index is 11.6. The van der Waals surface area contributed by atoms with Gasteiger partial charge in [-0.15, -0.1) is 33.2 Å². The van der Waals surface area contributed by atoms with E-state index in [0.717, 1.165) is 6.08 Å². The molecule has 0 aliphatic rings. The van der Waals surface area contributed by atoms with Crippen molar-refractivity contribution >= 4 is 57.3 Å². The van der Waals surface area contributed by atoms with E-state index in [0.29, 0.717) is 30.2 Å². The molecule has 1 aromatic carbocycles. The first-order valence-electron chi connectivity index (χ1n) is 6.55. The highest BCUT2D eigenvalue weighted by atomic mass is 35.8. The molecule has 0 saturated heterocycles. The van der Waals surface area contributed by atoms with Crippen LogP contribution in [0.1, 0.15) is 24.8 Å². The third-order valence-electron chi connectivity index (χ3n) is 2.62. The number of rotatable bonds is 8. The van der Waals surface area contributed by atoms with Crippen molar-refractivity contribution in [2.75, 3.05) is 0 Å². The topological polar surface area (TPSA) is 63.6 Å². The molecular weight excluding hydrogens is 367 g/mol. The first kappa shape index (κ1) is 19.0. The smallest absolute Gasteiger partial charge is 0.341 e. The first-order chi connectivity index (χ1) is 10.3. The fourth-order valence-corrected chi connectivity index (χ4v) is 3.45. The molecule has 22 heavy (non-hydrogen) atoms. The average Bonchev–Trinajstić information content (AvgIpc) is 2.42. The number of carbonyl (C=O) groups excluding carboxylic acids is 1. The van der Waals surface area contributed by atoms with E-state index in [4.69, 9.17) is 43.1 Å². The standard InChI is InChI=1S/C14H15Cl3O4Si/c15-22(16,17)10-2-1-3-14(20)21-12-7-4-11(5-8-12)6-9-13(18)19/h4-9H,1-3,10H2,(H,18,19)/b9-6+. The third-order valence-corrected chi connectivity index (χ3v) is 5.24. The van der Waals surface area contributed by atoms with Crippen LogP contribution < -0.4 is 4.74 Å². The monoisotopic (exact) mass is 380 g/mol. The van der Waals surface area contributed by atoms with Crippen LogP contribution in [0.15, 0.2) is 30.3 Å². The predicted molar refractivity (Wildman–Crippen MR) is 90.7 cm³/mol. The molecule has 0 unspecified atom stereocenters. The summed E-state index contributed by atoms with van der Waals surface area (Å²) in [4.78, 5) is 22.0. The second-order valence-corrected chi connectivity index (χ2v) is 13.8. The molecule has 0 aliphatic carbocycles. The number of benzene rings is 1. The summed E-state index contributed by atoms with van der Waals surface area (Å²) >= 11 is 17.2. The summed E-state index contributed by atoms with van der Waals surface area (Å²) in [5, 5.41) is 8.52. The van der Waals surface area contributed by atoms with Gasteiger partial charge in [-0.1, -0.05) is 18.6 Å². The predicted octanol–water partition coefficient (Wildman–Crippen LogP) is 4.52. The Kier molecular flexibility index (Phi) is 7.96. The van der Waals surface area contributed by atoms with Crippen molar-refractivity contribution < 1.29 is 19.4 Å². The number of esters is 1. The van der Waals surface area contributed by atoms with Crippen LogP contribution in [0.2, 0.25) is 6.04 Å². The van der Waals surface area contributed by atoms with Crippen molar-refractivity contribution in [3.05, 3.63) is 35.9 Å². The highest BCUT2D eigenvalue weighted by molar-refractivity contribution is 7.64. The molecule has 0 amide bonds. The second kappa shape index (κ2) is 9.20. The van der Waals surface area contributed by atoms with E-state index in [9.17, 15) is 9.59 Å². The maximum Gasteiger partial charge on any atom is 0.341 e. The molecular formula is C14H15Cl3O4Si. The summed E-state index contributed by atoms with van der Waals surface area (Å²) in [6.45, 7) is 0. The van der Waals surface area contributed by atoms with Crippen LogP contribution in [0.25, 0.3) is 6.08 Å². The number of halogens is 3. The molecule has 1 aromatic rings. The zero-order chi connectivity index (χ0) is 16.6. The van der Waals surface area contributed by atoms with Gasteiger partial charge in [-0.25, -0.2) is 4.79 Å². The summed E-state index contributed by atoms with van der Waals surface area (Å²) in [6.07, 6.45) is 4.04. The minimum absolute atomic E-state index is 0.260. The normalized spacial score (nSPS) is 11.6. The molecule has 4 nitrogen and oxygen atoms in total. The summed E-state index contributed by atoms with van der Waals surface area (Å²) < 4.78 is 5.16. The van der Waals surface area contributed by atoms with Gasteiger partial charge in [-0.3, -0.25) is 4.79 Å². The summed E-state index contributed by atoms with van der Waals surface area (Å²) in [5.41, 5.74) is 0.704. The molecule has 0 heterocycles. The lowest BCUT2D eigenvalue weighted by Gasteiger charge is -2.07. The van der Waals surface area contributed by atoms with Crippen molar-refractivity contribution in [1.82, 2.24) is 0 Å². The third kappa shape index (κ3) is 9.10. The summed E-state index contributed by atoms with van der Waals surface area (Å²) in [6, 6.07) is 4.45. The van der Waals surface area contributed by atoms with Gasteiger partial charge < -0.3 is 9.84 Å². The minimum atomic E-state index is -2.61. The van der Waals surface area contributed by atoms with Gasteiger partial charge in [-0.05, 0) is 36.2 Å². The highest BCUT2D eigenvalue weighted by Crippen LogP contribution is 2.27. The minimum Gasteiger partial charge on any atom is -0.478 e. The van der Waals surface area contributed by atoms with E-state index in [-0.39, 0.29) is 12.4 Å². The van der Waals surface area contributed by atoms with E-state index in [2.05, 4.69) is 0 Å². The Bertz CT molecular complexity index is 538. The van der Waals surface area contributed by atoms with Crippen molar-refractivity contribution in [3.63, 3.8) is 0 Å². The highest BCUT2D eigenvalue weighted by Gasteiger charge is 2.23. The summed E-state index contributed by atoms with van der Waals surface area (Å²) in [7, 11) is 0. The van der Waals surface area contributed by atoms with Crippen molar-refractivity contribution in [3.8, 4) is 5.75 Å². The van der Waals surface area contributed by atoms with Gasteiger partial charge in [-0.2, -0.15) is 0 Å². The van der Waals surface area contributed by atoms with E-state index < -0.39 is 12.0 Å². The van der Waals surface area contributed by atoms with Crippen molar-refractivity contribution in [1.29, 1.82) is 0 Å². The Morgan fingerprint density at radius 3 is 2.32 bits per heavy atom. The van der Waals surface area contributed by atoms with Gasteiger partial charge in [0, 0.05) is 12.5 Å². The number of ether oxygens (including phenoxy) is 1. The molecule has 0 radical (unpaired) electrons. The molecule has 120 valence electrons. The number of aliphatic carboxylic acids is 1. The van der Waals surface area contributed by atoms with Gasteiger partial charge >= 0.3 is 17.9 Å². The SMILES string of the molecule is O=C(O)/C=C/c1ccc(OC(=O)CCCC[Si](Cl)(Cl)Cl)cc1. The Morgan fingerprint density at radius 1 is 1.14 bits per heavy atom. The average molecular weight is 382 g/mol. The molecule has 0 spiro atoms. The van der Waals surface area contributed by atoms with E-state index in [1.807, 2.05) is 0 Å². The molecule has 1 rings (SSSR count). The van der Waals surface area contributed by atoms with Crippen LogP contribution in [0.4, 0.5) is 0 Å². The molecule has 0 fully saturated rings. The van der Waals surface area contributed by atoms with Gasteiger partial charge in [0.25, 0.3) is 0 Å². The van der Waals surface area contributed by atoms with E-state index >= 15 is 0 Å². The molecule has 1 N–H and O–H groups in total. The lowest BCUT2D eigenvalue weighted by atomic mass is 10.2. The number of hydrogen-bond donors (Lipinski definition) is 1. The van der Waals surface area contributed by atoms with E-state index in [1.54, 1.807) is 24.3 Å². The van der Waals surface area contributed by atoms with Crippen LogP contribution >= 0.6 is 33.2 Å². The van der Waals surface area contributed by atoms with E-state index in [1.165, 1.54) is 6.08 Å². The lowest BCUT2D eigenvalue weighted by molar-refractivity contribution is -0.134. The van der Waals surface area contributed by atoms with Gasteiger partial charge in [0.1, 0.15) is 5.75 Å². The molecule has 0 aliphatic heterocycles. The number of hydrogen-bond acceptors (Lipinski definition) is 3. The number of carboxylic acid groups (broad SMARTS) is 1. The largest absolute Gasteiger partial charge is 0.478 e. The lowest BCUT2D eigenvalue weighted by Crippen LogP contribution is -2.10. The van der Waals surface area contributed by atoms with Gasteiger partial charge in [0.05, 0.1) is 0 Å². The number of unbranched alkanes of at least 4 members (excludes halogenated alkanes) is 1. The Morgan fingerprint density at radius 2 is 1.77 bits per heavy atom. The fraction of sp³-hybridized carbons (Fsp3) is 0.286. The molecule has 8 heteroatoms. The number of carbonyl (C=O) groups is 2. The zero-order valence-electron chi connectivity index (χ0n) is 11.6. The van der Waals surface area contributed by atoms with Gasteiger partial charge in [0.2, 0.25) is 0 Å². The summed E-state index contributed by atoms with van der Waals surface area (Å²) in [5.74, 6) is -0.957. The fourth-order valence-electron chi connectivity index (χ4n) is 1.59. The molecule has 0 bridgehead atoms. The molecule has 0 atom stereocenters. The van der Waals surface area contributed by atoms with Crippen molar-refractivity contribution in [2.24, 2.45) is 0 Å². The quantitative estimate of drug-likeness (QED) is 0.180. The Hall–Kier alpha value is -1.01. The molecule has 0 saturated carbocycles. The van der Waals surface area contributed by atoms with Crippen LogP contribution in [0.3, 0.4) is 0 Å². The Labute approximate surface area is 143 Å². The maximum atomic E-state index is 11.6.